The summed E-state index contributed by atoms with van der Waals surface area (Å²) < 4.78 is 0. The second kappa shape index (κ2) is 5.09. The van der Waals surface area contributed by atoms with E-state index >= 15 is 0 Å². The van der Waals surface area contributed by atoms with Gasteiger partial charge in [-0.1, -0.05) is 12.8 Å². The molecular weight excluding hydrogens is 248 g/mol. The Balaban J connectivity index is 1.45. The van der Waals surface area contributed by atoms with E-state index in [0.717, 1.165) is 30.5 Å². The molecule has 0 unspecified atom stereocenters. The van der Waals surface area contributed by atoms with E-state index in [9.17, 15) is 0 Å². The van der Waals surface area contributed by atoms with E-state index < -0.39 is 0 Å². The first-order valence-corrected chi connectivity index (χ1v) is 7.82. The second-order valence-electron chi connectivity index (χ2n) is 6.07. The fourth-order valence-electron chi connectivity index (χ4n) is 3.70. The van der Waals surface area contributed by atoms with Gasteiger partial charge in [0.1, 0.15) is 5.82 Å². The third-order valence-electron chi connectivity index (χ3n) is 4.90. The van der Waals surface area contributed by atoms with Crippen LogP contribution in [0.2, 0.25) is 0 Å². The van der Waals surface area contributed by atoms with Crippen LogP contribution in [0.15, 0.2) is 24.5 Å². The predicted octanol–water partition coefficient (Wildman–Crippen LogP) is 2.63. The molecular formula is C16H22N4. The van der Waals surface area contributed by atoms with Gasteiger partial charge < -0.3 is 9.88 Å². The fraction of sp³-hybridized carbons (Fsp3) is 0.562. The summed E-state index contributed by atoms with van der Waals surface area (Å²) in [4.78, 5) is 12.9. The van der Waals surface area contributed by atoms with Crippen molar-refractivity contribution >= 4 is 16.7 Å². The van der Waals surface area contributed by atoms with Crippen molar-refractivity contribution in [1.29, 1.82) is 0 Å². The van der Waals surface area contributed by atoms with Gasteiger partial charge in [0.05, 0.1) is 11.7 Å². The first-order chi connectivity index (χ1) is 9.90. The summed E-state index contributed by atoms with van der Waals surface area (Å²) >= 11 is 0. The smallest absolute Gasteiger partial charge is 0.129 e. The predicted molar refractivity (Wildman–Crippen MR) is 82.1 cm³/mol. The van der Waals surface area contributed by atoms with E-state index in [1.54, 1.807) is 0 Å². The van der Waals surface area contributed by atoms with Crippen molar-refractivity contribution < 1.29 is 0 Å². The highest BCUT2D eigenvalue weighted by Gasteiger charge is 2.26. The van der Waals surface area contributed by atoms with Crippen molar-refractivity contribution in [3.05, 3.63) is 24.5 Å². The molecule has 0 aromatic carbocycles. The van der Waals surface area contributed by atoms with E-state index in [0.29, 0.717) is 0 Å². The molecule has 2 aromatic rings. The minimum absolute atomic E-state index is 0.859. The Morgan fingerprint density at radius 2 is 1.90 bits per heavy atom. The molecule has 1 saturated heterocycles. The number of fused-ring (bicyclic) bond motifs is 1. The molecule has 0 bridgehead atoms. The normalized spacial score (nSPS) is 21.9. The van der Waals surface area contributed by atoms with Crippen molar-refractivity contribution in [2.24, 2.45) is 0 Å². The summed E-state index contributed by atoms with van der Waals surface area (Å²) in [5.41, 5.74) is 1.12. The number of rotatable bonds is 2. The highest BCUT2D eigenvalue weighted by molar-refractivity contribution is 5.81. The van der Waals surface area contributed by atoms with Gasteiger partial charge in [-0.3, -0.25) is 4.90 Å². The number of pyridine rings is 1. The third-order valence-corrected chi connectivity index (χ3v) is 4.90. The van der Waals surface area contributed by atoms with Crippen LogP contribution >= 0.6 is 0 Å². The van der Waals surface area contributed by atoms with Crippen molar-refractivity contribution in [3.8, 4) is 0 Å². The first kappa shape index (κ1) is 12.2. The fourth-order valence-corrected chi connectivity index (χ4v) is 3.70. The first-order valence-electron chi connectivity index (χ1n) is 7.82. The van der Waals surface area contributed by atoms with Gasteiger partial charge in [0.25, 0.3) is 0 Å². The van der Waals surface area contributed by atoms with Crippen molar-refractivity contribution in [2.75, 3.05) is 31.1 Å². The lowest BCUT2D eigenvalue weighted by Crippen LogP contribution is -2.49. The molecule has 0 amide bonds. The quantitative estimate of drug-likeness (QED) is 0.911. The Bertz CT molecular complexity index is 577. The van der Waals surface area contributed by atoms with Crippen LogP contribution in [-0.4, -0.2) is 47.1 Å². The maximum Gasteiger partial charge on any atom is 0.129 e. The Morgan fingerprint density at radius 3 is 2.70 bits per heavy atom. The van der Waals surface area contributed by atoms with Gasteiger partial charge >= 0.3 is 0 Å². The lowest BCUT2D eigenvalue weighted by Gasteiger charge is -2.38. The number of piperazine rings is 1. The van der Waals surface area contributed by atoms with Crippen molar-refractivity contribution in [1.82, 2.24) is 14.9 Å². The van der Waals surface area contributed by atoms with Gasteiger partial charge in [0, 0.05) is 43.8 Å². The summed E-state index contributed by atoms with van der Waals surface area (Å²) in [6.07, 6.45) is 9.61. The van der Waals surface area contributed by atoms with E-state index in [2.05, 4.69) is 31.9 Å². The highest BCUT2D eigenvalue weighted by atomic mass is 15.3. The van der Waals surface area contributed by atoms with Gasteiger partial charge in [0.2, 0.25) is 0 Å². The molecule has 3 heterocycles. The van der Waals surface area contributed by atoms with Gasteiger partial charge in [-0.05, 0) is 25.0 Å². The lowest BCUT2D eigenvalue weighted by molar-refractivity contribution is 0.187. The van der Waals surface area contributed by atoms with Crippen LogP contribution in [0.25, 0.3) is 10.9 Å². The van der Waals surface area contributed by atoms with Gasteiger partial charge in [-0.2, -0.15) is 0 Å². The van der Waals surface area contributed by atoms with Crippen molar-refractivity contribution in [3.63, 3.8) is 0 Å². The van der Waals surface area contributed by atoms with Crippen LogP contribution in [0.3, 0.4) is 0 Å². The molecule has 106 valence electrons. The number of H-pyrrole nitrogens is 1. The van der Waals surface area contributed by atoms with Gasteiger partial charge in [0.15, 0.2) is 0 Å². The Kier molecular flexibility index (Phi) is 3.11. The van der Waals surface area contributed by atoms with E-state index in [4.69, 9.17) is 0 Å². The minimum Gasteiger partial charge on any atom is -0.360 e. The summed E-state index contributed by atoms with van der Waals surface area (Å²) in [7, 11) is 0. The molecule has 0 spiro atoms. The number of nitrogens with zero attached hydrogens (tertiary/aromatic N) is 3. The summed E-state index contributed by atoms with van der Waals surface area (Å²) in [6.45, 7) is 4.61. The molecule has 1 saturated carbocycles. The molecule has 2 aromatic heterocycles. The van der Waals surface area contributed by atoms with E-state index in [1.165, 1.54) is 44.2 Å². The molecule has 1 aliphatic carbocycles. The topological polar surface area (TPSA) is 35.2 Å². The van der Waals surface area contributed by atoms with Crippen LogP contribution in [0.1, 0.15) is 25.7 Å². The Hall–Kier alpha value is -1.55. The van der Waals surface area contributed by atoms with E-state index in [-0.39, 0.29) is 0 Å². The van der Waals surface area contributed by atoms with Crippen LogP contribution in [0.4, 0.5) is 5.82 Å². The highest BCUT2D eigenvalue weighted by Crippen LogP contribution is 2.25. The number of hydrogen-bond donors (Lipinski definition) is 1. The summed E-state index contributed by atoms with van der Waals surface area (Å²) in [5.74, 6) is 1.13. The van der Waals surface area contributed by atoms with Crippen LogP contribution in [-0.2, 0) is 0 Å². The number of hydrogen-bond acceptors (Lipinski definition) is 3. The molecule has 2 aliphatic rings. The zero-order valence-electron chi connectivity index (χ0n) is 11.9. The zero-order chi connectivity index (χ0) is 13.4. The van der Waals surface area contributed by atoms with Crippen LogP contribution < -0.4 is 4.90 Å². The molecule has 4 rings (SSSR count). The number of nitrogens with one attached hydrogen (secondary N) is 1. The Labute approximate surface area is 119 Å². The molecule has 0 atom stereocenters. The summed E-state index contributed by atoms with van der Waals surface area (Å²) in [5, 5.41) is 1.26. The second-order valence-corrected chi connectivity index (χ2v) is 6.07. The Morgan fingerprint density at radius 1 is 1.10 bits per heavy atom. The maximum absolute atomic E-state index is 4.60. The molecule has 20 heavy (non-hydrogen) atoms. The number of anilines is 1. The van der Waals surface area contributed by atoms with Gasteiger partial charge in [-0.25, -0.2) is 4.98 Å². The van der Waals surface area contributed by atoms with E-state index in [1.807, 2.05) is 12.4 Å². The molecule has 2 fully saturated rings. The molecule has 0 radical (unpaired) electrons. The average Bonchev–Trinajstić information content (AvgIpc) is 3.18. The third kappa shape index (κ3) is 2.18. The molecule has 1 N–H and O–H groups in total. The van der Waals surface area contributed by atoms with Crippen LogP contribution in [0.5, 0.6) is 0 Å². The summed E-state index contributed by atoms with van der Waals surface area (Å²) in [6, 6.07) is 5.18. The monoisotopic (exact) mass is 270 g/mol. The number of aromatic amines is 1. The SMILES string of the molecule is c1cc2cc(N3CCN(C4CCCC4)CC3)ncc2[nH]1. The lowest BCUT2D eigenvalue weighted by atomic mass is 10.2. The average molecular weight is 270 g/mol. The zero-order valence-corrected chi connectivity index (χ0v) is 11.9. The minimum atomic E-state index is 0.859. The molecule has 1 aliphatic heterocycles. The molecule has 4 heteroatoms. The maximum atomic E-state index is 4.60. The standard InChI is InChI=1S/C16H22N4/c1-2-4-14(3-1)19-7-9-20(10-8-19)16-11-13-5-6-17-15(13)12-18-16/h5-6,11-12,14,17H,1-4,7-10H2. The molecule has 4 nitrogen and oxygen atoms in total. The van der Waals surface area contributed by atoms with Crippen LogP contribution in [0, 0.1) is 0 Å². The van der Waals surface area contributed by atoms with Gasteiger partial charge in [-0.15, -0.1) is 0 Å². The van der Waals surface area contributed by atoms with Crippen molar-refractivity contribution in [2.45, 2.75) is 31.7 Å². The largest absolute Gasteiger partial charge is 0.360 e. The number of aromatic nitrogens is 2.